The molecule has 1 N–H and O–H groups in total. The molecule has 18 heavy (non-hydrogen) atoms. The molecule has 1 atom stereocenters. The monoisotopic (exact) mass is 324 g/mol. The molecule has 0 aliphatic rings. The first-order valence-corrected chi connectivity index (χ1v) is 6.18. The molecule has 0 aromatic carbocycles. The quantitative estimate of drug-likeness (QED) is 0.865. The second-order valence-electron chi connectivity index (χ2n) is 3.76. The van der Waals surface area contributed by atoms with Gasteiger partial charge in [0, 0.05) is 17.6 Å². The summed E-state index contributed by atoms with van der Waals surface area (Å²) in [5.74, 6) is -0.475. The second kappa shape index (κ2) is 6.17. The number of alkyl halides is 4. The predicted molar refractivity (Wildman–Crippen MR) is 64.6 cm³/mol. The average Bonchev–Trinajstić information content (AvgIpc) is 2.27. The van der Waals surface area contributed by atoms with Gasteiger partial charge >= 0.3 is 6.18 Å². The van der Waals surface area contributed by atoms with E-state index in [9.17, 15) is 18.0 Å². The summed E-state index contributed by atoms with van der Waals surface area (Å²) in [7, 11) is 0. The Morgan fingerprint density at radius 3 is 2.61 bits per heavy atom. The van der Waals surface area contributed by atoms with Crippen LogP contribution in [0.15, 0.2) is 18.3 Å². The normalized spacial score (nSPS) is 13.2. The zero-order valence-corrected chi connectivity index (χ0v) is 11.2. The summed E-state index contributed by atoms with van der Waals surface area (Å²) in [6, 6.07) is 1.91. The number of carbonyl (C=O) groups excluding carboxylic acids is 1. The molecule has 0 saturated carbocycles. The van der Waals surface area contributed by atoms with Crippen LogP contribution in [0.1, 0.15) is 29.4 Å². The van der Waals surface area contributed by atoms with E-state index < -0.39 is 17.6 Å². The Morgan fingerprint density at radius 2 is 2.17 bits per heavy atom. The minimum Gasteiger partial charge on any atom is -0.351 e. The minimum atomic E-state index is -4.44. The van der Waals surface area contributed by atoms with E-state index in [0.717, 1.165) is 18.6 Å². The molecule has 0 saturated heterocycles. The van der Waals surface area contributed by atoms with Crippen LogP contribution in [-0.4, -0.2) is 22.3 Å². The van der Waals surface area contributed by atoms with Crippen LogP contribution in [0.3, 0.4) is 0 Å². The third-order valence-electron chi connectivity index (χ3n) is 2.15. The van der Waals surface area contributed by atoms with Crippen molar-refractivity contribution in [1.82, 2.24) is 10.3 Å². The molecule has 7 heteroatoms. The van der Waals surface area contributed by atoms with Crippen molar-refractivity contribution in [3.63, 3.8) is 0 Å². The molecule has 0 aliphatic heterocycles. The van der Waals surface area contributed by atoms with E-state index in [-0.39, 0.29) is 10.5 Å². The fraction of sp³-hybridized carbons (Fsp3) is 0.455. The molecule has 3 nitrogen and oxygen atoms in total. The summed E-state index contributed by atoms with van der Waals surface area (Å²) in [4.78, 5) is 15.3. The van der Waals surface area contributed by atoms with Gasteiger partial charge in [-0.05, 0) is 18.6 Å². The van der Waals surface area contributed by atoms with E-state index in [1.54, 1.807) is 0 Å². The highest BCUT2D eigenvalue weighted by Crippen LogP contribution is 2.28. The van der Waals surface area contributed by atoms with Gasteiger partial charge in [-0.2, -0.15) is 13.2 Å². The summed E-state index contributed by atoms with van der Waals surface area (Å²) in [5, 5.41) is 2.58. The van der Waals surface area contributed by atoms with Gasteiger partial charge < -0.3 is 5.32 Å². The van der Waals surface area contributed by atoms with Crippen molar-refractivity contribution < 1.29 is 18.0 Å². The topological polar surface area (TPSA) is 42.0 Å². The molecule has 100 valence electrons. The molecule has 0 fully saturated rings. The third-order valence-corrected chi connectivity index (χ3v) is 2.61. The largest absolute Gasteiger partial charge is 0.417 e. The lowest BCUT2D eigenvalue weighted by molar-refractivity contribution is -0.137. The van der Waals surface area contributed by atoms with Gasteiger partial charge in [0.15, 0.2) is 0 Å². The molecular weight excluding hydrogens is 313 g/mol. The van der Waals surface area contributed by atoms with Crippen molar-refractivity contribution >= 4 is 21.8 Å². The SMILES string of the molecule is CC(Br)CCNC(=O)c1ccc(C(F)(F)F)cn1. The van der Waals surface area contributed by atoms with E-state index in [0.29, 0.717) is 12.7 Å². The zero-order chi connectivity index (χ0) is 13.8. The van der Waals surface area contributed by atoms with Gasteiger partial charge in [0.1, 0.15) is 5.69 Å². The molecule has 1 aromatic rings. The first-order valence-electron chi connectivity index (χ1n) is 5.26. The number of hydrogen-bond donors (Lipinski definition) is 1. The molecule has 0 radical (unpaired) electrons. The minimum absolute atomic E-state index is 0.0229. The molecule has 1 unspecified atom stereocenters. The van der Waals surface area contributed by atoms with Crippen molar-refractivity contribution in [2.45, 2.75) is 24.3 Å². The fourth-order valence-corrected chi connectivity index (χ4v) is 1.40. The standard InChI is InChI=1S/C11H12BrF3N2O/c1-7(12)4-5-16-10(18)9-3-2-8(6-17-9)11(13,14)15/h2-3,6-7H,4-5H2,1H3,(H,16,18). The van der Waals surface area contributed by atoms with Gasteiger partial charge in [-0.3, -0.25) is 9.78 Å². The number of nitrogens with zero attached hydrogens (tertiary/aromatic N) is 1. The Labute approximate surface area is 111 Å². The van der Waals surface area contributed by atoms with Gasteiger partial charge in [0.05, 0.1) is 5.56 Å². The lowest BCUT2D eigenvalue weighted by Crippen LogP contribution is -2.26. The van der Waals surface area contributed by atoms with Crippen molar-refractivity contribution in [1.29, 1.82) is 0 Å². The first-order chi connectivity index (χ1) is 8.30. The molecule has 0 aliphatic carbocycles. The van der Waals surface area contributed by atoms with E-state index in [2.05, 4.69) is 26.2 Å². The van der Waals surface area contributed by atoms with Crippen LogP contribution in [-0.2, 0) is 6.18 Å². The number of hydrogen-bond acceptors (Lipinski definition) is 2. The van der Waals surface area contributed by atoms with E-state index >= 15 is 0 Å². The maximum absolute atomic E-state index is 12.3. The highest BCUT2D eigenvalue weighted by molar-refractivity contribution is 9.09. The number of pyridine rings is 1. The van der Waals surface area contributed by atoms with Gasteiger partial charge in [-0.25, -0.2) is 0 Å². The number of halogens is 4. The predicted octanol–water partition coefficient (Wildman–Crippen LogP) is 3.00. The van der Waals surface area contributed by atoms with E-state index in [1.165, 1.54) is 0 Å². The molecular formula is C11H12BrF3N2O. The van der Waals surface area contributed by atoms with Crippen LogP contribution in [0.2, 0.25) is 0 Å². The zero-order valence-electron chi connectivity index (χ0n) is 9.59. The molecule has 0 spiro atoms. The number of aromatic nitrogens is 1. The summed E-state index contributed by atoms with van der Waals surface area (Å²) < 4.78 is 36.8. The summed E-state index contributed by atoms with van der Waals surface area (Å²) in [6.45, 7) is 2.37. The fourth-order valence-electron chi connectivity index (χ4n) is 1.17. The molecule has 1 rings (SSSR count). The van der Waals surface area contributed by atoms with Gasteiger partial charge in [0.25, 0.3) is 5.91 Å². The highest BCUT2D eigenvalue weighted by Gasteiger charge is 2.30. The second-order valence-corrected chi connectivity index (χ2v) is 5.32. The third kappa shape index (κ3) is 4.64. The van der Waals surface area contributed by atoms with Crippen LogP contribution in [0.25, 0.3) is 0 Å². The molecule has 1 amide bonds. The van der Waals surface area contributed by atoms with Gasteiger partial charge in [-0.15, -0.1) is 0 Å². The maximum Gasteiger partial charge on any atom is 0.417 e. The maximum atomic E-state index is 12.3. The van der Waals surface area contributed by atoms with Crippen molar-refractivity contribution in [3.05, 3.63) is 29.6 Å². The van der Waals surface area contributed by atoms with Crippen molar-refractivity contribution in [3.8, 4) is 0 Å². The Hall–Kier alpha value is -1.11. The smallest absolute Gasteiger partial charge is 0.351 e. The van der Waals surface area contributed by atoms with E-state index in [1.807, 2.05) is 6.92 Å². The van der Waals surface area contributed by atoms with Crippen LogP contribution in [0, 0.1) is 0 Å². The van der Waals surface area contributed by atoms with Crippen molar-refractivity contribution in [2.24, 2.45) is 0 Å². The number of rotatable bonds is 4. The van der Waals surface area contributed by atoms with Crippen LogP contribution in [0.4, 0.5) is 13.2 Å². The summed E-state index contributed by atoms with van der Waals surface area (Å²) in [5.41, 5.74) is -0.890. The average molecular weight is 325 g/mol. The number of nitrogens with one attached hydrogen (secondary N) is 1. The molecule has 1 heterocycles. The Balaban J connectivity index is 2.60. The molecule has 0 bridgehead atoms. The Morgan fingerprint density at radius 1 is 1.50 bits per heavy atom. The van der Waals surface area contributed by atoms with Crippen molar-refractivity contribution in [2.75, 3.05) is 6.54 Å². The first kappa shape index (κ1) is 14.9. The Kier molecular flexibility index (Phi) is 5.13. The summed E-state index contributed by atoms with van der Waals surface area (Å²) >= 11 is 3.32. The number of amides is 1. The molecule has 1 aromatic heterocycles. The van der Waals surface area contributed by atoms with Crippen LogP contribution >= 0.6 is 15.9 Å². The van der Waals surface area contributed by atoms with Crippen LogP contribution in [0.5, 0.6) is 0 Å². The van der Waals surface area contributed by atoms with Crippen LogP contribution < -0.4 is 5.32 Å². The van der Waals surface area contributed by atoms with Gasteiger partial charge in [-0.1, -0.05) is 22.9 Å². The summed E-state index contributed by atoms with van der Waals surface area (Å²) in [6.07, 6.45) is -3.05. The number of carbonyl (C=O) groups is 1. The lowest BCUT2D eigenvalue weighted by Gasteiger charge is -2.08. The van der Waals surface area contributed by atoms with E-state index in [4.69, 9.17) is 0 Å². The lowest BCUT2D eigenvalue weighted by atomic mass is 10.2. The van der Waals surface area contributed by atoms with Gasteiger partial charge in [0.2, 0.25) is 0 Å². The highest BCUT2D eigenvalue weighted by atomic mass is 79.9. The Bertz CT molecular complexity index is 404.